The van der Waals surface area contributed by atoms with Gasteiger partial charge in [0.05, 0.1) is 24.6 Å². The van der Waals surface area contributed by atoms with Crippen molar-refractivity contribution >= 4 is 56.8 Å². The van der Waals surface area contributed by atoms with Crippen molar-refractivity contribution in [1.82, 2.24) is 19.9 Å². The predicted molar refractivity (Wildman–Crippen MR) is 263 cm³/mol. The topological polar surface area (TPSA) is 104 Å². The fourth-order valence-electron chi connectivity index (χ4n) is 7.63. The average Bonchev–Trinajstić information content (AvgIpc) is 4.21. The zero-order chi connectivity index (χ0) is 43.0. The van der Waals surface area contributed by atoms with Crippen LogP contribution in [-0.2, 0) is 0 Å². The second kappa shape index (κ2) is 16.8. The van der Waals surface area contributed by atoms with Crippen LogP contribution in [-0.4, -0.2) is 31.4 Å². The third-order valence-corrected chi connectivity index (χ3v) is 15.2. The van der Waals surface area contributed by atoms with E-state index in [1.807, 2.05) is 79.0 Å². The lowest BCUT2D eigenvalue weighted by atomic mass is 9.94. The molecule has 1 aliphatic rings. The van der Waals surface area contributed by atoms with Gasteiger partial charge in [0.15, 0.2) is 0 Å². The fraction of sp³-hybridized carbons (Fsp3) is 0. The summed E-state index contributed by atoms with van der Waals surface area (Å²) in [5.41, 5.74) is 8.46. The van der Waals surface area contributed by atoms with Crippen LogP contribution in [0, 0.1) is 18.0 Å². The van der Waals surface area contributed by atoms with E-state index in [-0.39, 0.29) is 11.4 Å². The van der Waals surface area contributed by atoms with Gasteiger partial charge in [0.2, 0.25) is 11.9 Å². The lowest BCUT2D eigenvalue weighted by Gasteiger charge is -2.21. The highest BCUT2D eigenvalue weighted by atomic mass is 32.1. The SMILES string of the molecule is [C-]#[N+]N=C1c2nc(-c3ccc(-c4ccccc4)s3)c(-c3ccc(-c4ccccc4)s3)nc2C(=NC#N)c2nc(-c3ccc(-c4ccccc4)s3)c(-c3ccc(-c4ccccc4)s3)nc21. The molecule has 0 aliphatic heterocycles. The standard InChI is InChI=1S/C52H28N8S4/c1-54-60-52-50-48(56-43(39-26-22-35(61-39)31-14-6-2-7-15-31)45(58-50)41-28-24-37(63-41)33-18-10-4-11-19-33)47(55-30-53)49-51(52)59-46(42-29-25-38(64-42)34-20-12-5-13-21-34)44(57-49)40-27-23-36(62-40)32-16-8-3-9-17-32/h2-29H. The zero-order valence-corrected chi connectivity index (χ0v) is 36.6. The summed E-state index contributed by atoms with van der Waals surface area (Å²) in [6, 6.07) is 57.5. The largest absolute Gasteiger partial charge is 0.240 e. The van der Waals surface area contributed by atoms with E-state index in [1.54, 1.807) is 45.3 Å². The Morgan fingerprint density at radius 3 is 0.891 bits per heavy atom. The van der Waals surface area contributed by atoms with Crippen LogP contribution in [0.1, 0.15) is 22.8 Å². The minimum atomic E-state index is 0.212. The molecule has 11 rings (SSSR count). The van der Waals surface area contributed by atoms with Crippen LogP contribution >= 0.6 is 45.3 Å². The van der Waals surface area contributed by atoms with Gasteiger partial charge in [0, 0.05) is 19.5 Å². The highest BCUT2D eigenvalue weighted by molar-refractivity contribution is 7.20. The van der Waals surface area contributed by atoms with E-state index < -0.39 is 0 Å². The van der Waals surface area contributed by atoms with Gasteiger partial charge in [-0.3, -0.25) is 0 Å². The molecule has 0 amide bonds. The van der Waals surface area contributed by atoms with Gasteiger partial charge in [-0.2, -0.15) is 16.8 Å². The molecule has 10 aromatic rings. The van der Waals surface area contributed by atoms with Gasteiger partial charge < -0.3 is 0 Å². The molecular weight excluding hydrogens is 865 g/mol. The maximum absolute atomic E-state index is 10.4. The van der Waals surface area contributed by atoms with E-state index in [0.29, 0.717) is 45.6 Å². The molecule has 0 spiro atoms. The number of hydrogen-bond acceptors (Lipinski definition) is 11. The predicted octanol–water partition coefficient (Wildman–Crippen LogP) is 14.2. The Labute approximate surface area is 384 Å². The van der Waals surface area contributed by atoms with E-state index in [0.717, 1.165) is 61.3 Å². The van der Waals surface area contributed by atoms with Crippen molar-refractivity contribution in [1.29, 1.82) is 5.26 Å². The minimum absolute atomic E-state index is 0.212. The highest BCUT2D eigenvalue weighted by Crippen LogP contribution is 2.45. The van der Waals surface area contributed by atoms with E-state index in [1.165, 1.54) is 0 Å². The summed E-state index contributed by atoms with van der Waals surface area (Å²) in [5.74, 6) is 0. The Morgan fingerprint density at radius 1 is 0.359 bits per heavy atom. The maximum atomic E-state index is 10.4. The number of thiophene rings is 4. The quantitative estimate of drug-likeness (QED) is 0.0858. The molecule has 6 heterocycles. The summed E-state index contributed by atoms with van der Waals surface area (Å²) in [7, 11) is 0. The Hall–Kier alpha value is -7.84. The van der Waals surface area contributed by atoms with Crippen LogP contribution < -0.4 is 0 Å². The van der Waals surface area contributed by atoms with Gasteiger partial charge in [-0.1, -0.05) is 121 Å². The molecule has 0 radical (unpaired) electrons. The van der Waals surface area contributed by atoms with E-state index in [2.05, 4.69) is 112 Å². The molecule has 0 unspecified atom stereocenters. The van der Waals surface area contributed by atoms with Gasteiger partial charge in [-0.15, -0.1) is 50.3 Å². The lowest BCUT2D eigenvalue weighted by Crippen LogP contribution is -2.28. The van der Waals surface area contributed by atoms with Crippen molar-refractivity contribution in [3.05, 3.63) is 204 Å². The molecule has 300 valence electrons. The number of benzene rings is 4. The normalized spacial score (nSPS) is 11.7. The Morgan fingerprint density at radius 2 is 0.625 bits per heavy atom. The maximum Gasteiger partial charge on any atom is 0.206 e. The first-order chi connectivity index (χ1) is 31.6. The van der Waals surface area contributed by atoms with Gasteiger partial charge in [-0.25, -0.2) is 19.9 Å². The number of hydrogen-bond donors (Lipinski definition) is 0. The van der Waals surface area contributed by atoms with Crippen LogP contribution in [0.5, 0.6) is 0 Å². The lowest BCUT2D eigenvalue weighted by molar-refractivity contribution is 1.10. The monoisotopic (exact) mass is 892 g/mol. The molecule has 6 aromatic heterocycles. The third-order valence-electron chi connectivity index (χ3n) is 10.6. The summed E-state index contributed by atoms with van der Waals surface area (Å²) >= 11 is 6.43. The van der Waals surface area contributed by atoms with Gasteiger partial charge >= 0.3 is 0 Å². The second-order valence-electron chi connectivity index (χ2n) is 14.5. The number of aliphatic imine (C=N–C) groups is 1. The molecule has 0 N–H and O–H groups in total. The minimum Gasteiger partial charge on any atom is -0.240 e. The van der Waals surface area contributed by atoms with E-state index >= 15 is 0 Å². The fourth-order valence-corrected chi connectivity index (χ4v) is 11.6. The first-order valence-corrected chi connectivity index (χ1v) is 23.3. The highest BCUT2D eigenvalue weighted by Gasteiger charge is 2.38. The second-order valence-corrected chi connectivity index (χ2v) is 18.8. The zero-order valence-electron chi connectivity index (χ0n) is 33.4. The number of fused-ring (bicyclic) bond motifs is 2. The molecule has 64 heavy (non-hydrogen) atoms. The number of rotatable bonds is 8. The van der Waals surface area contributed by atoms with Crippen LogP contribution in [0.15, 0.2) is 180 Å². The summed E-state index contributed by atoms with van der Waals surface area (Å²) in [6.07, 6.45) is 2.03. The van der Waals surface area contributed by atoms with E-state index in [4.69, 9.17) is 26.5 Å². The van der Waals surface area contributed by atoms with Crippen molar-refractivity contribution in [3.63, 3.8) is 0 Å². The first kappa shape index (κ1) is 39.0. The Kier molecular flexibility index (Phi) is 10.2. The van der Waals surface area contributed by atoms with Gasteiger partial charge in [-0.05, 0) is 70.8 Å². The first-order valence-electron chi connectivity index (χ1n) is 20.0. The van der Waals surface area contributed by atoms with Crippen molar-refractivity contribution in [2.45, 2.75) is 0 Å². The molecule has 8 nitrogen and oxygen atoms in total. The average molecular weight is 893 g/mol. The molecule has 0 bridgehead atoms. The number of nitriles is 1. The summed E-state index contributed by atoms with van der Waals surface area (Å²) in [4.78, 5) is 37.3. The van der Waals surface area contributed by atoms with Crippen LogP contribution in [0.4, 0.5) is 0 Å². The van der Waals surface area contributed by atoms with E-state index in [9.17, 15) is 5.26 Å². The molecular formula is C52H28N8S4. The Balaban J connectivity index is 1.14. The molecule has 0 atom stereocenters. The van der Waals surface area contributed by atoms with Crippen molar-refractivity contribution in [3.8, 4) is 90.2 Å². The summed E-state index contributed by atoms with van der Waals surface area (Å²) in [6.45, 7) is 8.07. The molecule has 4 aromatic carbocycles. The van der Waals surface area contributed by atoms with Crippen molar-refractivity contribution in [2.24, 2.45) is 10.1 Å². The number of aromatic nitrogens is 4. The molecule has 12 heteroatoms. The molecule has 0 saturated carbocycles. The van der Waals surface area contributed by atoms with Crippen molar-refractivity contribution < 1.29 is 0 Å². The smallest absolute Gasteiger partial charge is 0.206 e. The van der Waals surface area contributed by atoms with Crippen molar-refractivity contribution in [2.75, 3.05) is 0 Å². The summed E-state index contributed by atoms with van der Waals surface area (Å²) < 4.78 is 0. The van der Waals surface area contributed by atoms with Crippen LogP contribution in [0.2, 0.25) is 0 Å². The molecule has 0 fully saturated rings. The molecule has 0 saturated heterocycles. The van der Waals surface area contributed by atoms with Crippen LogP contribution in [0.3, 0.4) is 0 Å². The molecule has 1 aliphatic carbocycles. The van der Waals surface area contributed by atoms with Gasteiger partial charge in [0.25, 0.3) is 0 Å². The Bertz CT molecular complexity index is 3070. The third kappa shape index (κ3) is 7.16. The van der Waals surface area contributed by atoms with Gasteiger partial charge in [0.1, 0.15) is 51.3 Å². The number of nitrogens with zero attached hydrogens (tertiary/aromatic N) is 8. The van der Waals surface area contributed by atoms with Crippen LogP contribution in [0.25, 0.3) is 89.0 Å². The summed E-state index contributed by atoms with van der Waals surface area (Å²) in [5, 5.41) is 14.8.